The molecule has 0 nitrogen and oxygen atoms in total. The second-order valence-corrected chi connectivity index (χ2v) is 3.15. The van der Waals surface area contributed by atoms with Crippen molar-refractivity contribution < 1.29 is 0 Å². The molecule has 0 heterocycles. The van der Waals surface area contributed by atoms with E-state index in [0.29, 0.717) is 0 Å². The van der Waals surface area contributed by atoms with Gasteiger partial charge in [-0.2, -0.15) is 0 Å². The number of halogens is 1. The fourth-order valence-electron chi connectivity index (χ4n) is 0.686. The smallest absolute Gasteiger partial charge is 0.0338 e. The Morgan fingerprint density at radius 3 is 2.40 bits per heavy atom. The first-order valence-corrected chi connectivity index (χ1v) is 4.12. The van der Waals surface area contributed by atoms with Gasteiger partial charge in [-0.15, -0.1) is 0 Å². The third-order valence-electron chi connectivity index (χ3n) is 1.19. The summed E-state index contributed by atoms with van der Waals surface area (Å²) in [4.78, 5) is 0. The summed E-state index contributed by atoms with van der Waals surface area (Å²) in [6.07, 6.45) is 0.753. The van der Waals surface area contributed by atoms with Gasteiger partial charge in [-0.1, -0.05) is 40.3 Å². The highest BCUT2D eigenvalue weighted by atomic mass is 79.9. The molecule has 0 amide bonds. The lowest BCUT2D eigenvalue weighted by Gasteiger charge is -1.93. The van der Waals surface area contributed by atoms with Crippen molar-refractivity contribution in [2.45, 2.75) is 6.42 Å². The van der Waals surface area contributed by atoms with E-state index in [9.17, 15) is 0 Å². The second-order valence-electron chi connectivity index (χ2n) is 1.95. The van der Waals surface area contributed by atoms with Gasteiger partial charge in [-0.25, -0.2) is 0 Å². The molecule has 0 spiro atoms. The number of hydrogen-bond acceptors (Lipinski definition) is 1. The van der Waals surface area contributed by atoms with E-state index in [1.807, 2.05) is 24.3 Å². The number of thiocarbonyl (C=S) groups is 1. The van der Waals surface area contributed by atoms with E-state index in [2.05, 4.69) is 33.5 Å². The largest absolute Gasteiger partial charge is 0.0833 e. The van der Waals surface area contributed by atoms with E-state index in [4.69, 9.17) is 0 Å². The zero-order valence-corrected chi connectivity index (χ0v) is 7.71. The van der Waals surface area contributed by atoms with Crippen LogP contribution in [0.2, 0.25) is 0 Å². The summed E-state index contributed by atoms with van der Waals surface area (Å²) in [6, 6.07) is 8.07. The van der Waals surface area contributed by atoms with Gasteiger partial charge in [0, 0.05) is 16.3 Å². The molecule has 2 heteroatoms. The predicted molar refractivity (Wildman–Crippen MR) is 50.4 cm³/mol. The van der Waals surface area contributed by atoms with Crippen LogP contribution in [0, 0.1) is 0 Å². The molecule has 1 radical (unpaired) electrons. The molecular weight excluding hydrogens is 208 g/mol. The summed E-state index contributed by atoms with van der Waals surface area (Å²) >= 11 is 7.96. The van der Waals surface area contributed by atoms with Gasteiger partial charge in [0.05, 0.1) is 0 Å². The first-order chi connectivity index (χ1) is 4.83. The topological polar surface area (TPSA) is 0 Å². The monoisotopic (exact) mass is 213 g/mol. The van der Waals surface area contributed by atoms with Crippen molar-refractivity contribution >= 4 is 33.5 Å². The molecule has 0 atom stereocenters. The molecule has 0 fully saturated rings. The maximum atomic E-state index is 4.61. The lowest BCUT2D eigenvalue weighted by molar-refractivity contribution is 1.37. The first kappa shape index (κ1) is 7.89. The predicted octanol–water partition coefficient (Wildman–Crippen LogP) is 2.87. The van der Waals surface area contributed by atoms with Gasteiger partial charge in [-0.05, 0) is 17.7 Å². The van der Waals surface area contributed by atoms with E-state index in [0.717, 1.165) is 10.9 Å². The van der Waals surface area contributed by atoms with Crippen molar-refractivity contribution in [3.05, 3.63) is 34.3 Å². The molecule has 1 aromatic rings. The SMILES string of the molecule is S=[C]Cc1ccc(Br)cc1. The summed E-state index contributed by atoms with van der Waals surface area (Å²) in [5.41, 5.74) is 1.21. The first-order valence-electron chi connectivity index (χ1n) is 2.92. The van der Waals surface area contributed by atoms with Crippen molar-refractivity contribution in [3.63, 3.8) is 0 Å². The van der Waals surface area contributed by atoms with Gasteiger partial charge in [0.25, 0.3) is 0 Å². The third kappa shape index (κ3) is 2.20. The van der Waals surface area contributed by atoms with E-state index in [-0.39, 0.29) is 0 Å². The Morgan fingerprint density at radius 2 is 1.90 bits per heavy atom. The Kier molecular flexibility index (Phi) is 3.03. The van der Waals surface area contributed by atoms with Crippen molar-refractivity contribution in [2.24, 2.45) is 0 Å². The lowest BCUT2D eigenvalue weighted by Crippen LogP contribution is -1.81. The lowest BCUT2D eigenvalue weighted by atomic mass is 10.2. The molecule has 0 aliphatic rings. The summed E-state index contributed by atoms with van der Waals surface area (Å²) in [5.74, 6) is 0. The van der Waals surface area contributed by atoms with E-state index >= 15 is 0 Å². The minimum Gasteiger partial charge on any atom is -0.0833 e. The van der Waals surface area contributed by atoms with E-state index in [1.54, 1.807) is 0 Å². The van der Waals surface area contributed by atoms with Gasteiger partial charge in [0.1, 0.15) is 0 Å². The van der Waals surface area contributed by atoms with Crippen LogP contribution in [0.4, 0.5) is 0 Å². The average Bonchev–Trinajstić information content (AvgIpc) is 1.95. The summed E-state index contributed by atoms with van der Waals surface area (Å²) in [6.45, 7) is 0. The van der Waals surface area contributed by atoms with Gasteiger partial charge < -0.3 is 0 Å². The van der Waals surface area contributed by atoms with E-state index < -0.39 is 0 Å². The molecule has 0 saturated heterocycles. The second kappa shape index (κ2) is 3.84. The van der Waals surface area contributed by atoms with Gasteiger partial charge >= 0.3 is 0 Å². The van der Waals surface area contributed by atoms with Gasteiger partial charge in [-0.3, -0.25) is 0 Å². The van der Waals surface area contributed by atoms with Gasteiger partial charge in [0.2, 0.25) is 0 Å². The number of rotatable bonds is 2. The van der Waals surface area contributed by atoms with Crippen LogP contribution in [0.3, 0.4) is 0 Å². The maximum absolute atomic E-state index is 4.61. The Morgan fingerprint density at radius 1 is 1.30 bits per heavy atom. The quantitative estimate of drug-likeness (QED) is 0.682. The van der Waals surface area contributed by atoms with Crippen LogP contribution >= 0.6 is 28.1 Å². The number of benzene rings is 1. The molecular formula is C8H6BrS. The van der Waals surface area contributed by atoms with Crippen LogP contribution in [0.5, 0.6) is 0 Å². The van der Waals surface area contributed by atoms with Crippen LogP contribution in [0.15, 0.2) is 28.7 Å². The molecule has 0 N–H and O–H groups in total. The van der Waals surface area contributed by atoms with Crippen molar-refractivity contribution in [2.75, 3.05) is 0 Å². The van der Waals surface area contributed by atoms with Crippen LogP contribution < -0.4 is 0 Å². The average molecular weight is 214 g/mol. The summed E-state index contributed by atoms with van der Waals surface area (Å²) in [5, 5.41) is 2.67. The zero-order chi connectivity index (χ0) is 7.40. The van der Waals surface area contributed by atoms with Crippen LogP contribution in [0.25, 0.3) is 0 Å². The minimum absolute atomic E-state index is 0.753. The van der Waals surface area contributed by atoms with Crippen LogP contribution in [-0.4, -0.2) is 5.37 Å². The fourth-order valence-corrected chi connectivity index (χ4v) is 1.12. The van der Waals surface area contributed by atoms with Crippen molar-refractivity contribution in [1.29, 1.82) is 0 Å². The molecule has 0 aliphatic heterocycles. The zero-order valence-electron chi connectivity index (χ0n) is 5.30. The Bertz CT molecular complexity index is 215. The van der Waals surface area contributed by atoms with Crippen LogP contribution in [-0.2, 0) is 6.42 Å². The van der Waals surface area contributed by atoms with Gasteiger partial charge in [0.15, 0.2) is 0 Å². The van der Waals surface area contributed by atoms with Crippen molar-refractivity contribution in [1.82, 2.24) is 0 Å². The Balaban J connectivity index is 2.78. The molecule has 1 aromatic carbocycles. The molecule has 1 rings (SSSR count). The highest BCUT2D eigenvalue weighted by Crippen LogP contribution is 2.10. The molecule has 0 aliphatic carbocycles. The highest BCUT2D eigenvalue weighted by Gasteiger charge is 1.88. The molecule has 0 aromatic heterocycles. The van der Waals surface area contributed by atoms with Crippen LogP contribution in [0.1, 0.15) is 5.56 Å². The number of hydrogen-bond donors (Lipinski definition) is 0. The highest BCUT2D eigenvalue weighted by molar-refractivity contribution is 9.10. The van der Waals surface area contributed by atoms with E-state index in [1.165, 1.54) is 5.56 Å². The van der Waals surface area contributed by atoms with Crippen molar-refractivity contribution in [3.8, 4) is 0 Å². The molecule has 51 valence electrons. The molecule has 0 bridgehead atoms. The fraction of sp³-hybridized carbons (Fsp3) is 0.125. The summed E-state index contributed by atoms with van der Waals surface area (Å²) in [7, 11) is 0. The third-order valence-corrected chi connectivity index (χ3v) is 1.86. The minimum atomic E-state index is 0.753. The standard InChI is InChI=1S/C8H6BrS/c9-8-3-1-7(2-4-8)5-6-10/h1-4H,5H2. The normalized spacial score (nSPS) is 9.30. The Hall–Kier alpha value is -0.210. The molecule has 10 heavy (non-hydrogen) atoms. The summed E-state index contributed by atoms with van der Waals surface area (Å²) < 4.78 is 1.10. The molecule has 0 unspecified atom stereocenters. The molecule has 0 saturated carbocycles. The Labute approximate surface area is 74.4 Å². The maximum Gasteiger partial charge on any atom is 0.0338 e.